The van der Waals surface area contributed by atoms with E-state index in [9.17, 15) is 9.18 Å². The van der Waals surface area contributed by atoms with Crippen LogP contribution in [0.15, 0.2) is 24.3 Å². The van der Waals surface area contributed by atoms with Crippen LogP contribution >= 0.6 is 0 Å². The van der Waals surface area contributed by atoms with Crippen LogP contribution in [0, 0.1) is 5.82 Å². The van der Waals surface area contributed by atoms with Crippen molar-refractivity contribution in [1.82, 2.24) is 0 Å². The van der Waals surface area contributed by atoms with Gasteiger partial charge in [-0.1, -0.05) is 12.1 Å². The van der Waals surface area contributed by atoms with Gasteiger partial charge in [0.1, 0.15) is 5.82 Å². The molecular formula is C12H11FO2. The van der Waals surface area contributed by atoms with Crippen LogP contribution in [0.4, 0.5) is 4.39 Å². The number of halogens is 1. The summed E-state index contributed by atoms with van der Waals surface area (Å²) in [6.45, 7) is 0. The van der Waals surface area contributed by atoms with Crippen molar-refractivity contribution in [3.05, 3.63) is 41.2 Å². The van der Waals surface area contributed by atoms with Crippen molar-refractivity contribution >= 4 is 11.5 Å². The third-order valence-electron chi connectivity index (χ3n) is 2.61. The first-order chi connectivity index (χ1) is 7.18. The maximum atomic E-state index is 13.1. The average Bonchev–Trinajstić information content (AvgIpc) is 2.71. The Morgan fingerprint density at radius 3 is 2.80 bits per heavy atom. The molecule has 1 aromatic rings. The molecule has 3 heteroatoms. The Labute approximate surface area is 87.0 Å². The van der Waals surface area contributed by atoms with Gasteiger partial charge in [-0.3, -0.25) is 0 Å². The zero-order chi connectivity index (χ0) is 10.8. The van der Waals surface area contributed by atoms with Gasteiger partial charge < -0.3 is 5.11 Å². The number of hydrogen-bond donors (Lipinski definition) is 1. The van der Waals surface area contributed by atoms with Gasteiger partial charge >= 0.3 is 5.97 Å². The summed E-state index contributed by atoms with van der Waals surface area (Å²) in [5, 5.41) is 8.77. The summed E-state index contributed by atoms with van der Waals surface area (Å²) in [5.74, 6) is -1.89. The van der Waals surface area contributed by atoms with Gasteiger partial charge in [-0.15, -0.1) is 0 Å². The van der Waals surface area contributed by atoms with Gasteiger partial charge in [0.05, 0.1) is 5.56 Å². The van der Waals surface area contributed by atoms with Gasteiger partial charge in [0.2, 0.25) is 0 Å². The number of hydrogen-bond acceptors (Lipinski definition) is 1. The Bertz CT molecular complexity index is 435. The number of carbonyl (C=O) groups is 1. The SMILES string of the molecule is O=C(O)c1cc(C2=CCCC2)ccc1F. The largest absolute Gasteiger partial charge is 0.478 e. The molecule has 0 heterocycles. The molecule has 2 rings (SSSR count). The van der Waals surface area contributed by atoms with E-state index in [0.717, 1.165) is 30.4 Å². The molecule has 0 bridgehead atoms. The fourth-order valence-electron chi connectivity index (χ4n) is 1.82. The first-order valence-electron chi connectivity index (χ1n) is 4.91. The number of carboxylic acids is 1. The Morgan fingerprint density at radius 2 is 2.20 bits per heavy atom. The fraction of sp³-hybridized carbons (Fsp3) is 0.250. The van der Waals surface area contributed by atoms with Crippen LogP contribution in [0.5, 0.6) is 0 Å². The molecule has 1 aliphatic carbocycles. The lowest BCUT2D eigenvalue weighted by Crippen LogP contribution is -2.01. The summed E-state index contributed by atoms with van der Waals surface area (Å²) >= 11 is 0. The molecule has 0 atom stereocenters. The van der Waals surface area contributed by atoms with Crippen molar-refractivity contribution in [3.8, 4) is 0 Å². The van der Waals surface area contributed by atoms with E-state index in [1.807, 2.05) is 0 Å². The molecule has 0 aliphatic heterocycles. The van der Waals surface area contributed by atoms with Gasteiger partial charge in [0, 0.05) is 0 Å². The summed E-state index contributed by atoms with van der Waals surface area (Å²) < 4.78 is 13.1. The topological polar surface area (TPSA) is 37.3 Å². The minimum Gasteiger partial charge on any atom is -0.478 e. The maximum Gasteiger partial charge on any atom is 0.338 e. The molecule has 1 aromatic carbocycles. The van der Waals surface area contributed by atoms with E-state index in [1.54, 1.807) is 6.07 Å². The van der Waals surface area contributed by atoms with Gasteiger partial charge in [-0.05, 0) is 42.5 Å². The standard InChI is InChI=1S/C12H11FO2/c13-11-6-5-9(7-10(11)12(14)15)8-3-1-2-4-8/h3,5-7H,1-2,4H2,(H,14,15). The lowest BCUT2D eigenvalue weighted by molar-refractivity contribution is 0.0692. The van der Waals surface area contributed by atoms with Crippen LogP contribution in [0.2, 0.25) is 0 Å². The minimum atomic E-state index is -1.21. The highest BCUT2D eigenvalue weighted by Gasteiger charge is 2.13. The lowest BCUT2D eigenvalue weighted by Gasteiger charge is -2.04. The normalized spacial score (nSPS) is 15.1. The molecule has 0 saturated carbocycles. The van der Waals surface area contributed by atoms with Gasteiger partial charge in [-0.2, -0.15) is 0 Å². The highest BCUT2D eigenvalue weighted by atomic mass is 19.1. The zero-order valence-corrected chi connectivity index (χ0v) is 8.16. The Morgan fingerprint density at radius 1 is 1.40 bits per heavy atom. The molecule has 0 spiro atoms. The minimum absolute atomic E-state index is 0.250. The van der Waals surface area contributed by atoms with E-state index < -0.39 is 11.8 Å². The molecule has 1 aliphatic rings. The third kappa shape index (κ3) is 1.91. The van der Waals surface area contributed by atoms with Gasteiger partial charge in [0.25, 0.3) is 0 Å². The van der Waals surface area contributed by atoms with Crippen molar-refractivity contribution in [3.63, 3.8) is 0 Å². The number of aromatic carboxylic acids is 1. The molecular weight excluding hydrogens is 195 g/mol. The molecule has 15 heavy (non-hydrogen) atoms. The van der Waals surface area contributed by atoms with Crippen molar-refractivity contribution in [2.24, 2.45) is 0 Å². The average molecular weight is 206 g/mol. The summed E-state index contributed by atoms with van der Waals surface area (Å²) in [6.07, 6.45) is 5.15. The molecule has 1 N–H and O–H groups in total. The first kappa shape index (κ1) is 9.90. The van der Waals surface area contributed by atoms with Crippen LogP contribution < -0.4 is 0 Å². The molecule has 0 aromatic heterocycles. The predicted octanol–water partition coefficient (Wildman–Crippen LogP) is 3.09. The summed E-state index contributed by atoms with van der Waals surface area (Å²) in [7, 11) is 0. The van der Waals surface area contributed by atoms with Crippen molar-refractivity contribution in [2.75, 3.05) is 0 Å². The number of allylic oxidation sites excluding steroid dienone is 2. The quantitative estimate of drug-likeness (QED) is 0.807. The highest BCUT2D eigenvalue weighted by molar-refractivity contribution is 5.89. The van der Waals surface area contributed by atoms with E-state index in [2.05, 4.69) is 6.08 Å². The Balaban J connectivity index is 2.42. The first-order valence-corrected chi connectivity index (χ1v) is 4.91. The van der Waals surface area contributed by atoms with Crippen LogP contribution in [0.3, 0.4) is 0 Å². The smallest absolute Gasteiger partial charge is 0.338 e. The molecule has 2 nitrogen and oxygen atoms in total. The number of benzene rings is 1. The van der Waals surface area contributed by atoms with Crippen LogP contribution in [-0.4, -0.2) is 11.1 Å². The van der Waals surface area contributed by atoms with E-state index in [4.69, 9.17) is 5.11 Å². The molecule has 0 fully saturated rings. The summed E-state index contributed by atoms with van der Waals surface area (Å²) in [4.78, 5) is 10.7. The van der Waals surface area contributed by atoms with E-state index in [0.29, 0.717) is 0 Å². The van der Waals surface area contributed by atoms with Crippen molar-refractivity contribution < 1.29 is 14.3 Å². The molecule has 0 amide bonds. The zero-order valence-electron chi connectivity index (χ0n) is 8.16. The number of rotatable bonds is 2. The van der Waals surface area contributed by atoms with E-state index in [-0.39, 0.29) is 5.56 Å². The summed E-state index contributed by atoms with van der Waals surface area (Å²) in [5.41, 5.74) is 1.70. The van der Waals surface area contributed by atoms with Crippen LogP contribution in [0.25, 0.3) is 5.57 Å². The van der Waals surface area contributed by atoms with Crippen molar-refractivity contribution in [1.29, 1.82) is 0 Å². The van der Waals surface area contributed by atoms with E-state index in [1.165, 1.54) is 12.1 Å². The molecule has 0 radical (unpaired) electrons. The second-order valence-electron chi connectivity index (χ2n) is 3.62. The maximum absolute atomic E-state index is 13.1. The summed E-state index contributed by atoms with van der Waals surface area (Å²) in [6, 6.07) is 4.27. The third-order valence-corrected chi connectivity index (χ3v) is 2.61. The van der Waals surface area contributed by atoms with Crippen molar-refractivity contribution in [2.45, 2.75) is 19.3 Å². The highest BCUT2D eigenvalue weighted by Crippen LogP contribution is 2.28. The van der Waals surface area contributed by atoms with Gasteiger partial charge in [-0.25, -0.2) is 9.18 Å². The second kappa shape index (κ2) is 3.85. The lowest BCUT2D eigenvalue weighted by atomic mass is 10.0. The Hall–Kier alpha value is -1.64. The van der Waals surface area contributed by atoms with E-state index >= 15 is 0 Å². The van der Waals surface area contributed by atoms with Crippen LogP contribution in [0.1, 0.15) is 35.2 Å². The predicted molar refractivity (Wildman–Crippen MR) is 55.2 cm³/mol. The fourth-order valence-corrected chi connectivity index (χ4v) is 1.82. The monoisotopic (exact) mass is 206 g/mol. The second-order valence-corrected chi connectivity index (χ2v) is 3.62. The van der Waals surface area contributed by atoms with Gasteiger partial charge in [0.15, 0.2) is 0 Å². The molecule has 78 valence electrons. The molecule has 0 unspecified atom stereocenters. The number of carboxylic acid groups (broad SMARTS) is 1. The Kier molecular flexibility index (Phi) is 2.54. The molecule has 0 saturated heterocycles. The van der Waals surface area contributed by atoms with Crippen LogP contribution in [-0.2, 0) is 0 Å².